The van der Waals surface area contributed by atoms with Crippen molar-refractivity contribution >= 4 is 34.1 Å². The number of thiophene rings is 1. The number of benzene rings is 1. The van der Waals surface area contributed by atoms with Crippen molar-refractivity contribution in [3.63, 3.8) is 0 Å². The number of nitrogens with one attached hydrogen (secondary N) is 2. The monoisotopic (exact) mass is 459 g/mol. The highest BCUT2D eigenvalue weighted by Crippen LogP contribution is 2.32. The molecular weight excluding hydrogens is 430 g/mol. The van der Waals surface area contributed by atoms with Gasteiger partial charge in [-0.2, -0.15) is 0 Å². The number of ether oxygens (including phenoxy) is 2. The zero-order chi connectivity index (χ0) is 23.1. The third-order valence-electron chi connectivity index (χ3n) is 5.31. The number of hydrogen-bond acceptors (Lipinski definition) is 7. The average Bonchev–Trinajstić information content (AvgIpc) is 3.04. The van der Waals surface area contributed by atoms with Crippen molar-refractivity contribution in [2.24, 2.45) is 0 Å². The Hall–Kier alpha value is -2.75. The standard InChI is InChI=1S/C23H29N3O5S/c1-15-16(2)32-22(25-17(3)27)21(15)23(29)31-14-20(28)24-12-18-6-4-5-7-19(18)13-26-8-10-30-11-9-26/h4-7H,8-14H2,1-3H3,(H,24,28)(H,25,27). The number of carbonyl (C=O) groups is 3. The molecule has 1 aromatic heterocycles. The summed E-state index contributed by atoms with van der Waals surface area (Å²) in [5, 5.41) is 5.92. The summed E-state index contributed by atoms with van der Waals surface area (Å²) in [5.41, 5.74) is 3.21. The molecule has 0 spiro atoms. The second-order valence-electron chi connectivity index (χ2n) is 7.68. The van der Waals surface area contributed by atoms with Gasteiger partial charge >= 0.3 is 5.97 Å². The number of aryl methyl sites for hydroxylation is 1. The lowest BCUT2D eigenvalue weighted by atomic mass is 10.1. The minimum atomic E-state index is -0.626. The van der Waals surface area contributed by atoms with Crippen molar-refractivity contribution in [2.45, 2.75) is 33.9 Å². The predicted octanol–water partition coefficient (Wildman–Crippen LogP) is 2.63. The fourth-order valence-electron chi connectivity index (χ4n) is 3.45. The molecule has 172 valence electrons. The molecule has 3 rings (SSSR count). The maximum absolute atomic E-state index is 12.6. The van der Waals surface area contributed by atoms with Gasteiger partial charge < -0.3 is 20.1 Å². The molecular formula is C23H29N3O5S. The minimum Gasteiger partial charge on any atom is -0.452 e. The summed E-state index contributed by atoms with van der Waals surface area (Å²) < 4.78 is 10.6. The number of hydrogen-bond donors (Lipinski definition) is 2. The largest absolute Gasteiger partial charge is 0.452 e. The maximum atomic E-state index is 12.6. The summed E-state index contributed by atoms with van der Waals surface area (Å²) in [7, 11) is 0. The van der Waals surface area contributed by atoms with E-state index >= 15 is 0 Å². The van der Waals surface area contributed by atoms with Crippen molar-refractivity contribution < 1.29 is 23.9 Å². The molecule has 2 N–H and O–H groups in total. The molecule has 0 unspecified atom stereocenters. The fourth-order valence-corrected chi connectivity index (χ4v) is 4.55. The first kappa shape index (κ1) is 23.9. The molecule has 32 heavy (non-hydrogen) atoms. The molecule has 1 fully saturated rings. The highest BCUT2D eigenvalue weighted by molar-refractivity contribution is 7.16. The molecule has 2 amide bonds. The van der Waals surface area contributed by atoms with E-state index in [4.69, 9.17) is 9.47 Å². The molecule has 0 saturated carbocycles. The van der Waals surface area contributed by atoms with Gasteiger partial charge in [0.15, 0.2) is 6.61 Å². The molecule has 0 aliphatic carbocycles. The summed E-state index contributed by atoms with van der Waals surface area (Å²) >= 11 is 1.31. The van der Waals surface area contributed by atoms with Crippen LogP contribution in [0.1, 0.15) is 38.8 Å². The number of esters is 1. The molecule has 9 heteroatoms. The van der Waals surface area contributed by atoms with Gasteiger partial charge in [-0.1, -0.05) is 24.3 Å². The first-order valence-corrected chi connectivity index (χ1v) is 11.3. The van der Waals surface area contributed by atoms with Gasteiger partial charge in [0.05, 0.1) is 18.8 Å². The van der Waals surface area contributed by atoms with Gasteiger partial charge in [0, 0.05) is 38.0 Å². The average molecular weight is 460 g/mol. The summed E-state index contributed by atoms with van der Waals surface area (Å²) in [5.74, 6) is -1.28. The summed E-state index contributed by atoms with van der Waals surface area (Å²) in [6, 6.07) is 7.97. The van der Waals surface area contributed by atoms with Crippen molar-refractivity contribution in [1.29, 1.82) is 0 Å². The van der Waals surface area contributed by atoms with Gasteiger partial charge in [-0.3, -0.25) is 14.5 Å². The van der Waals surface area contributed by atoms with E-state index in [-0.39, 0.29) is 11.8 Å². The van der Waals surface area contributed by atoms with E-state index in [1.807, 2.05) is 25.1 Å². The van der Waals surface area contributed by atoms with Gasteiger partial charge in [-0.25, -0.2) is 4.79 Å². The molecule has 2 aromatic rings. The highest BCUT2D eigenvalue weighted by atomic mass is 32.1. The van der Waals surface area contributed by atoms with Gasteiger partial charge in [0.2, 0.25) is 5.91 Å². The molecule has 1 aliphatic heterocycles. The molecule has 0 radical (unpaired) electrons. The molecule has 0 bridgehead atoms. The van der Waals surface area contributed by atoms with Gasteiger partial charge in [-0.05, 0) is 30.5 Å². The zero-order valence-electron chi connectivity index (χ0n) is 18.7. The van der Waals surface area contributed by atoms with Crippen LogP contribution in [-0.2, 0) is 32.2 Å². The number of morpholine rings is 1. The van der Waals surface area contributed by atoms with E-state index < -0.39 is 12.6 Å². The number of rotatable bonds is 8. The normalized spacial score (nSPS) is 14.1. The number of nitrogens with zero attached hydrogens (tertiary/aromatic N) is 1. The second kappa shape index (κ2) is 11.2. The van der Waals surface area contributed by atoms with Gasteiger partial charge in [0.25, 0.3) is 5.91 Å². The number of anilines is 1. The fraction of sp³-hybridized carbons (Fsp3) is 0.435. The molecule has 2 heterocycles. The Morgan fingerprint density at radius 2 is 1.81 bits per heavy atom. The van der Waals surface area contributed by atoms with Crippen LogP contribution in [0.15, 0.2) is 24.3 Å². The first-order valence-electron chi connectivity index (χ1n) is 10.5. The van der Waals surface area contributed by atoms with E-state index in [1.165, 1.54) is 18.3 Å². The first-order chi connectivity index (χ1) is 15.3. The van der Waals surface area contributed by atoms with Crippen LogP contribution >= 0.6 is 11.3 Å². The van der Waals surface area contributed by atoms with Crippen molar-refractivity contribution in [2.75, 3.05) is 38.2 Å². The van der Waals surface area contributed by atoms with Crippen LogP contribution in [-0.4, -0.2) is 55.6 Å². The maximum Gasteiger partial charge on any atom is 0.341 e. The Bertz CT molecular complexity index is 982. The zero-order valence-corrected chi connectivity index (χ0v) is 19.5. The number of amides is 2. The van der Waals surface area contributed by atoms with Crippen molar-refractivity contribution in [1.82, 2.24) is 10.2 Å². The van der Waals surface area contributed by atoms with Crippen molar-refractivity contribution in [3.8, 4) is 0 Å². The van der Waals surface area contributed by atoms with Crippen molar-refractivity contribution in [3.05, 3.63) is 51.4 Å². The Kier molecular flexibility index (Phi) is 8.38. The van der Waals surface area contributed by atoms with Crippen LogP contribution < -0.4 is 10.6 Å². The molecule has 1 aliphatic rings. The Morgan fingerprint density at radius 1 is 1.12 bits per heavy atom. The molecule has 0 atom stereocenters. The summed E-state index contributed by atoms with van der Waals surface area (Å²) in [4.78, 5) is 39.5. The van der Waals surface area contributed by atoms with Crippen LogP contribution in [0.4, 0.5) is 5.00 Å². The second-order valence-corrected chi connectivity index (χ2v) is 8.90. The molecule has 8 nitrogen and oxygen atoms in total. The summed E-state index contributed by atoms with van der Waals surface area (Å²) in [6.45, 7) is 9.04. The number of carbonyl (C=O) groups excluding carboxylic acids is 3. The summed E-state index contributed by atoms with van der Waals surface area (Å²) in [6.07, 6.45) is 0. The Labute approximate surface area is 191 Å². The highest BCUT2D eigenvalue weighted by Gasteiger charge is 2.22. The quantitative estimate of drug-likeness (QED) is 0.589. The predicted molar refractivity (Wildman–Crippen MR) is 123 cm³/mol. The van der Waals surface area contributed by atoms with Crippen LogP contribution in [0.3, 0.4) is 0 Å². The Morgan fingerprint density at radius 3 is 2.50 bits per heavy atom. The van der Waals surface area contributed by atoms with Crippen LogP contribution in [0.25, 0.3) is 0 Å². The van der Waals surface area contributed by atoms with Crippen LogP contribution in [0, 0.1) is 13.8 Å². The smallest absolute Gasteiger partial charge is 0.341 e. The SMILES string of the molecule is CC(=O)Nc1sc(C)c(C)c1C(=O)OCC(=O)NCc1ccccc1CN1CCOCC1. The van der Waals surface area contributed by atoms with Crippen LogP contribution in [0.5, 0.6) is 0 Å². The van der Waals surface area contributed by atoms with Gasteiger partial charge in [0.1, 0.15) is 5.00 Å². The lowest BCUT2D eigenvalue weighted by molar-refractivity contribution is -0.124. The van der Waals surface area contributed by atoms with E-state index in [9.17, 15) is 14.4 Å². The third-order valence-corrected chi connectivity index (χ3v) is 6.43. The van der Waals surface area contributed by atoms with Gasteiger partial charge in [-0.15, -0.1) is 11.3 Å². The van der Waals surface area contributed by atoms with E-state index in [2.05, 4.69) is 21.6 Å². The van der Waals surface area contributed by atoms with Crippen LogP contribution in [0.2, 0.25) is 0 Å². The van der Waals surface area contributed by atoms with E-state index in [0.29, 0.717) is 17.1 Å². The minimum absolute atomic E-state index is 0.270. The lowest BCUT2D eigenvalue weighted by Gasteiger charge is -2.27. The van der Waals surface area contributed by atoms with E-state index in [0.717, 1.165) is 54.4 Å². The molecule has 1 aromatic carbocycles. The lowest BCUT2D eigenvalue weighted by Crippen LogP contribution is -2.36. The topological polar surface area (TPSA) is 97.0 Å². The molecule has 1 saturated heterocycles. The third kappa shape index (κ3) is 6.38. The van der Waals surface area contributed by atoms with E-state index in [1.54, 1.807) is 6.92 Å². The Balaban J connectivity index is 1.54.